The van der Waals surface area contributed by atoms with E-state index in [9.17, 15) is 0 Å². The summed E-state index contributed by atoms with van der Waals surface area (Å²) < 4.78 is 11.3. The summed E-state index contributed by atoms with van der Waals surface area (Å²) in [4.78, 5) is 0. The van der Waals surface area contributed by atoms with E-state index in [1.54, 1.807) is 0 Å². The van der Waals surface area contributed by atoms with Crippen molar-refractivity contribution in [3.8, 4) is 0 Å². The van der Waals surface area contributed by atoms with Crippen LogP contribution in [0.1, 0.15) is 56.4 Å². The molecule has 110 valence electrons. The number of hydrogen-bond acceptors (Lipinski definition) is 2. The van der Waals surface area contributed by atoms with Crippen LogP contribution in [-0.2, 0) is 15.9 Å². The van der Waals surface area contributed by atoms with Crippen LogP contribution in [-0.4, -0.2) is 13.2 Å². The number of rotatable bonds is 4. The summed E-state index contributed by atoms with van der Waals surface area (Å²) in [6, 6.07) is 8.63. The van der Waals surface area contributed by atoms with Gasteiger partial charge in [0.15, 0.2) is 6.29 Å². The molecule has 20 heavy (non-hydrogen) atoms. The molecule has 2 fully saturated rings. The first kappa shape index (κ1) is 14.1. The number of benzene rings is 1. The highest BCUT2D eigenvalue weighted by Crippen LogP contribution is 2.33. The Hall–Kier alpha value is -0.860. The van der Waals surface area contributed by atoms with E-state index in [4.69, 9.17) is 9.47 Å². The largest absolute Gasteiger partial charge is 0.346 e. The van der Waals surface area contributed by atoms with Crippen LogP contribution in [0.4, 0.5) is 0 Å². The highest BCUT2D eigenvalue weighted by molar-refractivity contribution is 5.28. The molecular formula is C18H26O2. The Balaban J connectivity index is 1.62. The summed E-state index contributed by atoms with van der Waals surface area (Å²) >= 11 is 0. The molecule has 2 unspecified atom stereocenters. The molecule has 1 aliphatic carbocycles. The molecule has 2 heteroatoms. The van der Waals surface area contributed by atoms with Gasteiger partial charge in [0, 0.05) is 5.56 Å². The minimum Gasteiger partial charge on any atom is -0.346 e. The summed E-state index contributed by atoms with van der Waals surface area (Å²) in [7, 11) is 0. The van der Waals surface area contributed by atoms with Crippen LogP contribution in [0.25, 0.3) is 0 Å². The molecule has 0 amide bonds. The predicted octanol–water partition coefficient (Wildman–Crippen LogP) is 4.49. The molecule has 1 saturated heterocycles. The van der Waals surface area contributed by atoms with Gasteiger partial charge >= 0.3 is 0 Å². The van der Waals surface area contributed by atoms with Crippen LogP contribution in [0, 0.1) is 11.8 Å². The monoisotopic (exact) mass is 274 g/mol. The molecule has 2 nitrogen and oxygen atoms in total. The van der Waals surface area contributed by atoms with Crippen LogP contribution in [0.2, 0.25) is 0 Å². The van der Waals surface area contributed by atoms with E-state index in [1.807, 2.05) is 0 Å². The molecule has 0 radical (unpaired) electrons. The van der Waals surface area contributed by atoms with E-state index in [1.165, 1.54) is 43.2 Å². The third-order valence-corrected chi connectivity index (χ3v) is 4.80. The second kappa shape index (κ2) is 6.73. The van der Waals surface area contributed by atoms with Crippen LogP contribution in [0.3, 0.4) is 0 Å². The van der Waals surface area contributed by atoms with Gasteiger partial charge in [-0.05, 0) is 36.7 Å². The van der Waals surface area contributed by atoms with E-state index < -0.39 is 0 Å². The lowest BCUT2D eigenvalue weighted by Crippen LogP contribution is -2.14. The Morgan fingerprint density at radius 1 is 1.10 bits per heavy atom. The molecule has 2 atom stereocenters. The van der Waals surface area contributed by atoms with Crippen LogP contribution in [0.5, 0.6) is 0 Å². The average Bonchev–Trinajstić information content (AvgIpc) is 3.00. The fourth-order valence-electron chi connectivity index (χ4n) is 3.71. The summed E-state index contributed by atoms with van der Waals surface area (Å²) in [5.74, 6) is 1.84. The molecule has 1 aromatic carbocycles. The Bertz CT molecular complexity index is 423. The number of hydrogen-bond donors (Lipinski definition) is 0. The Kier molecular flexibility index (Phi) is 4.74. The lowest BCUT2D eigenvalue weighted by atomic mass is 9.79. The maximum Gasteiger partial charge on any atom is 0.184 e. The number of aryl methyl sites for hydroxylation is 1. The van der Waals surface area contributed by atoms with Gasteiger partial charge in [-0.2, -0.15) is 0 Å². The normalized spacial score (nSPS) is 27.9. The molecule has 3 rings (SSSR count). The molecule has 0 spiro atoms. The topological polar surface area (TPSA) is 18.5 Å². The molecular weight excluding hydrogens is 248 g/mol. The van der Waals surface area contributed by atoms with Gasteiger partial charge in [0.1, 0.15) is 0 Å². The Labute approximate surface area is 122 Å². The minimum atomic E-state index is -0.128. The smallest absolute Gasteiger partial charge is 0.184 e. The maximum absolute atomic E-state index is 5.67. The standard InChI is InChI=1S/C18H26O2/c1-14-5-4-6-15(13-14)9-10-16-7-2-3-8-17(16)18-19-11-12-20-18/h2-3,7-8,14-15,18H,4-6,9-13H2,1H3. The zero-order chi connectivity index (χ0) is 13.8. The van der Waals surface area contributed by atoms with Gasteiger partial charge in [-0.25, -0.2) is 0 Å². The maximum atomic E-state index is 5.67. The summed E-state index contributed by atoms with van der Waals surface area (Å²) in [5.41, 5.74) is 2.66. The fraction of sp³-hybridized carbons (Fsp3) is 0.667. The van der Waals surface area contributed by atoms with Crippen molar-refractivity contribution in [2.75, 3.05) is 13.2 Å². The van der Waals surface area contributed by atoms with Crippen molar-refractivity contribution < 1.29 is 9.47 Å². The van der Waals surface area contributed by atoms with Crippen molar-refractivity contribution in [1.29, 1.82) is 0 Å². The van der Waals surface area contributed by atoms with Gasteiger partial charge in [0.25, 0.3) is 0 Å². The molecule has 1 saturated carbocycles. The fourth-order valence-corrected chi connectivity index (χ4v) is 3.71. The first-order chi connectivity index (χ1) is 9.83. The molecule has 1 aliphatic heterocycles. The zero-order valence-corrected chi connectivity index (χ0v) is 12.5. The van der Waals surface area contributed by atoms with Crippen molar-refractivity contribution in [3.63, 3.8) is 0 Å². The van der Waals surface area contributed by atoms with E-state index in [-0.39, 0.29) is 6.29 Å². The van der Waals surface area contributed by atoms with E-state index in [0.29, 0.717) is 0 Å². The second-order valence-electron chi connectivity index (χ2n) is 6.45. The number of ether oxygens (including phenoxy) is 2. The highest BCUT2D eigenvalue weighted by Gasteiger charge is 2.22. The van der Waals surface area contributed by atoms with E-state index in [2.05, 4.69) is 31.2 Å². The van der Waals surface area contributed by atoms with Gasteiger partial charge in [0.05, 0.1) is 13.2 Å². The van der Waals surface area contributed by atoms with Gasteiger partial charge in [0.2, 0.25) is 0 Å². The third-order valence-electron chi connectivity index (χ3n) is 4.80. The van der Waals surface area contributed by atoms with Crippen molar-refractivity contribution in [2.45, 2.75) is 51.7 Å². The van der Waals surface area contributed by atoms with Crippen LogP contribution < -0.4 is 0 Å². The zero-order valence-electron chi connectivity index (χ0n) is 12.5. The van der Waals surface area contributed by atoms with Gasteiger partial charge in [-0.1, -0.05) is 50.5 Å². The van der Waals surface area contributed by atoms with E-state index in [0.717, 1.165) is 31.5 Å². The SMILES string of the molecule is CC1CCCC(CCc2ccccc2C2OCCO2)C1. The first-order valence-corrected chi connectivity index (χ1v) is 8.14. The van der Waals surface area contributed by atoms with Crippen molar-refractivity contribution in [2.24, 2.45) is 11.8 Å². The second-order valence-corrected chi connectivity index (χ2v) is 6.45. The Morgan fingerprint density at radius 2 is 1.90 bits per heavy atom. The molecule has 1 heterocycles. The molecule has 1 aromatic rings. The first-order valence-electron chi connectivity index (χ1n) is 8.14. The molecule has 0 bridgehead atoms. The lowest BCUT2D eigenvalue weighted by molar-refractivity contribution is -0.0447. The molecule has 0 aromatic heterocycles. The predicted molar refractivity (Wildman–Crippen MR) is 80.5 cm³/mol. The summed E-state index contributed by atoms with van der Waals surface area (Å²) in [6.45, 7) is 3.85. The summed E-state index contributed by atoms with van der Waals surface area (Å²) in [6.07, 6.45) is 8.03. The highest BCUT2D eigenvalue weighted by atomic mass is 16.7. The van der Waals surface area contributed by atoms with Crippen molar-refractivity contribution >= 4 is 0 Å². The van der Waals surface area contributed by atoms with Crippen LogP contribution in [0.15, 0.2) is 24.3 Å². The molecule has 2 aliphatic rings. The van der Waals surface area contributed by atoms with Gasteiger partial charge < -0.3 is 9.47 Å². The third kappa shape index (κ3) is 3.42. The van der Waals surface area contributed by atoms with Gasteiger partial charge in [-0.3, -0.25) is 0 Å². The minimum absolute atomic E-state index is 0.128. The Morgan fingerprint density at radius 3 is 2.70 bits per heavy atom. The lowest BCUT2D eigenvalue weighted by Gasteiger charge is -2.27. The average molecular weight is 274 g/mol. The quantitative estimate of drug-likeness (QED) is 0.805. The van der Waals surface area contributed by atoms with Crippen molar-refractivity contribution in [1.82, 2.24) is 0 Å². The summed E-state index contributed by atoms with van der Waals surface area (Å²) in [5, 5.41) is 0. The van der Waals surface area contributed by atoms with Crippen LogP contribution >= 0.6 is 0 Å². The van der Waals surface area contributed by atoms with Crippen molar-refractivity contribution in [3.05, 3.63) is 35.4 Å². The van der Waals surface area contributed by atoms with Gasteiger partial charge in [-0.15, -0.1) is 0 Å². The molecule has 0 N–H and O–H groups in total. The van der Waals surface area contributed by atoms with E-state index >= 15 is 0 Å².